The van der Waals surface area contributed by atoms with E-state index in [9.17, 15) is 14.7 Å². The van der Waals surface area contributed by atoms with Gasteiger partial charge >= 0.3 is 5.97 Å². The van der Waals surface area contributed by atoms with Crippen LogP contribution in [0.15, 0.2) is 60.7 Å². The molecule has 0 bridgehead atoms. The number of fused-ring (bicyclic) bond motifs is 1. The first-order chi connectivity index (χ1) is 16.8. The Kier molecular flexibility index (Phi) is 7.01. The molecule has 0 atom stereocenters. The Morgan fingerprint density at radius 2 is 1.80 bits per heavy atom. The fourth-order valence-corrected chi connectivity index (χ4v) is 4.27. The standard InChI is InChI=1S/C29H31N3O3/c1-5-6-11-27-31-25-15-12-20(30-28(33)18(2)3)17-26(25)32(27)21-13-14-22(19(4)16-21)23-9-7-8-10-24(23)29(34)35/h7-10,12-18H,5-6,11H2,1-4H3,(H,30,33)(H,34,35). The highest BCUT2D eigenvalue weighted by Gasteiger charge is 2.17. The summed E-state index contributed by atoms with van der Waals surface area (Å²) < 4.78 is 2.15. The zero-order valence-electron chi connectivity index (χ0n) is 20.6. The predicted octanol–water partition coefficient (Wildman–Crippen LogP) is 6.64. The Bertz CT molecular complexity index is 1400. The molecular weight excluding hydrogens is 438 g/mol. The second kappa shape index (κ2) is 10.1. The number of unbranched alkanes of at least 4 members (excludes halogenated alkanes) is 1. The molecule has 0 aliphatic rings. The number of aryl methyl sites for hydroxylation is 2. The molecule has 0 saturated heterocycles. The lowest BCUT2D eigenvalue weighted by atomic mass is 9.95. The summed E-state index contributed by atoms with van der Waals surface area (Å²) in [6, 6.07) is 18.9. The third-order valence-electron chi connectivity index (χ3n) is 6.19. The number of rotatable bonds is 8. The van der Waals surface area contributed by atoms with Crippen molar-refractivity contribution in [2.24, 2.45) is 5.92 Å². The molecule has 0 aliphatic heterocycles. The van der Waals surface area contributed by atoms with E-state index in [-0.39, 0.29) is 17.4 Å². The smallest absolute Gasteiger partial charge is 0.336 e. The number of aromatic nitrogens is 2. The number of carbonyl (C=O) groups excluding carboxylic acids is 1. The number of nitrogens with zero attached hydrogens (tertiary/aromatic N) is 2. The van der Waals surface area contributed by atoms with Crippen molar-refractivity contribution in [1.82, 2.24) is 9.55 Å². The Hall–Kier alpha value is -3.93. The molecule has 4 aromatic rings. The molecule has 0 aliphatic carbocycles. The Morgan fingerprint density at radius 3 is 2.49 bits per heavy atom. The van der Waals surface area contributed by atoms with Gasteiger partial charge in [-0.25, -0.2) is 9.78 Å². The van der Waals surface area contributed by atoms with Crippen molar-refractivity contribution in [3.8, 4) is 16.8 Å². The molecule has 6 nitrogen and oxygen atoms in total. The minimum atomic E-state index is -0.942. The van der Waals surface area contributed by atoms with Gasteiger partial charge in [-0.2, -0.15) is 0 Å². The maximum Gasteiger partial charge on any atom is 0.336 e. The van der Waals surface area contributed by atoms with Crippen LogP contribution in [0.3, 0.4) is 0 Å². The topological polar surface area (TPSA) is 84.2 Å². The minimum Gasteiger partial charge on any atom is -0.478 e. The number of carboxylic acids is 1. The van der Waals surface area contributed by atoms with Gasteiger partial charge < -0.3 is 10.4 Å². The van der Waals surface area contributed by atoms with Crippen LogP contribution in [0.2, 0.25) is 0 Å². The molecular formula is C29H31N3O3. The van der Waals surface area contributed by atoms with Crippen LogP contribution in [0.5, 0.6) is 0 Å². The average Bonchev–Trinajstić information content (AvgIpc) is 3.20. The summed E-state index contributed by atoms with van der Waals surface area (Å²) in [4.78, 5) is 28.9. The lowest BCUT2D eigenvalue weighted by molar-refractivity contribution is -0.118. The number of aromatic carboxylic acids is 1. The maximum atomic E-state index is 12.3. The van der Waals surface area contributed by atoms with Gasteiger partial charge in [-0.3, -0.25) is 9.36 Å². The molecule has 6 heteroatoms. The summed E-state index contributed by atoms with van der Waals surface area (Å²) in [6.45, 7) is 7.89. The normalized spacial score (nSPS) is 11.2. The van der Waals surface area contributed by atoms with Gasteiger partial charge in [0.15, 0.2) is 0 Å². The third-order valence-corrected chi connectivity index (χ3v) is 6.19. The molecule has 1 heterocycles. The summed E-state index contributed by atoms with van der Waals surface area (Å²) in [5.41, 5.74) is 6.34. The first-order valence-corrected chi connectivity index (χ1v) is 12.1. The van der Waals surface area contributed by atoms with E-state index >= 15 is 0 Å². The van der Waals surface area contributed by atoms with Crippen LogP contribution in [0, 0.1) is 12.8 Å². The second-order valence-electron chi connectivity index (χ2n) is 9.16. The van der Waals surface area contributed by atoms with Crippen molar-refractivity contribution in [3.63, 3.8) is 0 Å². The molecule has 1 aromatic heterocycles. The monoisotopic (exact) mass is 469 g/mol. The highest BCUT2D eigenvalue weighted by molar-refractivity contribution is 5.97. The molecule has 2 N–H and O–H groups in total. The third kappa shape index (κ3) is 4.97. The van der Waals surface area contributed by atoms with Crippen molar-refractivity contribution in [2.75, 3.05) is 5.32 Å². The number of carboxylic acid groups (broad SMARTS) is 1. The van der Waals surface area contributed by atoms with Crippen molar-refractivity contribution >= 4 is 28.6 Å². The molecule has 1 amide bonds. The molecule has 0 saturated carbocycles. The number of anilines is 1. The summed E-state index contributed by atoms with van der Waals surface area (Å²) in [6.07, 6.45) is 2.91. The second-order valence-corrected chi connectivity index (χ2v) is 9.16. The number of nitrogens with one attached hydrogen (secondary N) is 1. The van der Waals surface area contributed by atoms with Gasteiger partial charge in [0.25, 0.3) is 0 Å². The maximum absolute atomic E-state index is 12.3. The number of amides is 1. The van der Waals surface area contributed by atoms with Gasteiger partial charge in [0.05, 0.1) is 16.6 Å². The van der Waals surface area contributed by atoms with Crippen LogP contribution < -0.4 is 5.32 Å². The van der Waals surface area contributed by atoms with Gasteiger partial charge in [0.1, 0.15) is 5.82 Å². The summed E-state index contributed by atoms with van der Waals surface area (Å²) >= 11 is 0. The molecule has 4 rings (SSSR count). The number of hydrogen-bond acceptors (Lipinski definition) is 3. The average molecular weight is 470 g/mol. The van der Waals surface area contributed by atoms with E-state index in [4.69, 9.17) is 4.98 Å². The summed E-state index contributed by atoms with van der Waals surface area (Å²) in [7, 11) is 0. The summed E-state index contributed by atoms with van der Waals surface area (Å²) in [5.74, 6) is -0.117. The van der Waals surface area contributed by atoms with Crippen LogP contribution in [0.4, 0.5) is 5.69 Å². The van der Waals surface area contributed by atoms with E-state index in [1.165, 1.54) is 0 Å². The van der Waals surface area contributed by atoms with Gasteiger partial charge in [0.2, 0.25) is 5.91 Å². The van der Waals surface area contributed by atoms with E-state index in [2.05, 4.69) is 22.9 Å². The van der Waals surface area contributed by atoms with Gasteiger partial charge in [-0.15, -0.1) is 0 Å². The molecule has 180 valence electrons. The molecule has 3 aromatic carbocycles. The van der Waals surface area contributed by atoms with Crippen LogP contribution in [-0.2, 0) is 11.2 Å². The molecule has 0 spiro atoms. The molecule has 0 radical (unpaired) electrons. The van der Waals surface area contributed by atoms with E-state index in [0.29, 0.717) is 5.56 Å². The fourth-order valence-electron chi connectivity index (χ4n) is 4.27. The van der Waals surface area contributed by atoms with Crippen molar-refractivity contribution in [2.45, 2.75) is 47.0 Å². The van der Waals surface area contributed by atoms with Crippen LogP contribution in [-0.4, -0.2) is 26.5 Å². The quantitative estimate of drug-likeness (QED) is 0.303. The largest absolute Gasteiger partial charge is 0.478 e. The number of benzene rings is 3. The zero-order chi connectivity index (χ0) is 25.1. The van der Waals surface area contributed by atoms with Crippen molar-refractivity contribution in [3.05, 3.63) is 77.6 Å². The minimum absolute atomic E-state index is 0.0288. The summed E-state index contributed by atoms with van der Waals surface area (Å²) in [5, 5.41) is 12.6. The Morgan fingerprint density at radius 1 is 1.03 bits per heavy atom. The van der Waals surface area contributed by atoms with E-state index in [0.717, 1.165) is 58.6 Å². The number of hydrogen-bond donors (Lipinski definition) is 2. The Labute approximate surface area is 205 Å². The number of carbonyl (C=O) groups is 2. The van der Waals surface area contributed by atoms with E-state index < -0.39 is 5.97 Å². The van der Waals surface area contributed by atoms with Crippen molar-refractivity contribution in [1.29, 1.82) is 0 Å². The van der Waals surface area contributed by atoms with Gasteiger partial charge in [-0.1, -0.05) is 51.5 Å². The van der Waals surface area contributed by atoms with Crippen LogP contribution in [0.1, 0.15) is 55.4 Å². The van der Waals surface area contributed by atoms with E-state index in [1.807, 2.05) is 63.2 Å². The van der Waals surface area contributed by atoms with Gasteiger partial charge in [-0.05, 0) is 66.4 Å². The lowest BCUT2D eigenvalue weighted by Gasteiger charge is -2.15. The van der Waals surface area contributed by atoms with Crippen molar-refractivity contribution < 1.29 is 14.7 Å². The molecule has 0 unspecified atom stereocenters. The fraction of sp³-hybridized carbons (Fsp3) is 0.276. The predicted molar refractivity (Wildman–Crippen MR) is 140 cm³/mol. The van der Waals surface area contributed by atoms with E-state index in [1.54, 1.807) is 12.1 Å². The SMILES string of the molecule is CCCCc1nc2ccc(NC(=O)C(C)C)cc2n1-c1ccc(-c2ccccc2C(=O)O)c(C)c1. The highest BCUT2D eigenvalue weighted by Crippen LogP contribution is 2.31. The number of imidazole rings is 1. The lowest BCUT2D eigenvalue weighted by Crippen LogP contribution is -2.17. The van der Waals surface area contributed by atoms with Crippen LogP contribution in [0.25, 0.3) is 27.8 Å². The first-order valence-electron chi connectivity index (χ1n) is 12.1. The Balaban J connectivity index is 1.84. The zero-order valence-corrected chi connectivity index (χ0v) is 20.6. The molecule has 0 fully saturated rings. The molecule has 35 heavy (non-hydrogen) atoms. The van der Waals surface area contributed by atoms with Gasteiger partial charge in [0, 0.05) is 23.7 Å². The van der Waals surface area contributed by atoms with Crippen LogP contribution >= 0.6 is 0 Å². The first kappa shape index (κ1) is 24.2. The highest BCUT2D eigenvalue weighted by atomic mass is 16.4.